The van der Waals surface area contributed by atoms with Crippen LogP contribution in [0.4, 0.5) is 0 Å². The standard InChI is InChI=1S/C16H13Cl3O2/c1-20-11-8-13(17)12(14(18)9-11)7-6-10-4-3-5-15(21-2)16(10)19/h3-9H,1-2H3/b7-6+. The van der Waals surface area contributed by atoms with Crippen LogP contribution in [-0.4, -0.2) is 14.2 Å². The molecular weight excluding hydrogens is 331 g/mol. The van der Waals surface area contributed by atoms with Crippen molar-refractivity contribution in [3.63, 3.8) is 0 Å². The lowest BCUT2D eigenvalue weighted by Gasteiger charge is -2.07. The first kappa shape index (κ1) is 16.0. The molecule has 21 heavy (non-hydrogen) atoms. The van der Waals surface area contributed by atoms with Crippen LogP contribution in [0.25, 0.3) is 12.2 Å². The van der Waals surface area contributed by atoms with Gasteiger partial charge in [-0.05, 0) is 23.8 Å². The average Bonchev–Trinajstić information content (AvgIpc) is 2.47. The minimum atomic E-state index is 0.509. The summed E-state index contributed by atoms with van der Waals surface area (Å²) in [4.78, 5) is 0. The van der Waals surface area contributed by atoms with E-state index in [0.29, 0.717) is 32.1 Å². The number of hydrogen-bond acceptors (Lipinski definition) is 2. The Bertz CT molecular complexity index is 658. The van der Waals surface area contributed by atoms with Crippen molar-refractivity contribution in [2.45, 2.75) is 0 Å². The van der Waals surface area contributed by atoms with Crippen molar-refractivity contribution in [1.82, 2.24) is 0 Å². The summed E-state index contributed by atoms with van der Waals surface area (Å²) in [5.74, 6) is 1.23. The summed E-state index contributed by atoms with van der Waals surface area (Å²) in [5, 5.41) is 1.56. The highest BCUT2D eigenvalue weighted by Crippen LogP contribution is 2.33. The second-order valence-electron chi connectivity index (χ2n) is 4.20. The Labute approximate surface area is 138 Å². The van der Waals surface area contributed by atoms with E-state index in [4.69, 9.17) is 44.3 Å². The van der Waals surface area contributed by atoms with Crippen molar-refractivity contribution in [1.29, 1.82) is 0 Å². The highest BCUT2D eigenvalue weighted by Gasteiger charge is 2.07. The summed E-state index contributed by atoms with van der Waals surface area (Å²) < 4.78 is 10.3. The lowest BCUT2D eigenvalue weighted by atomic mass is 10.1. The molecule has 0 N–H and O–H groups in total. The SMILES string of the molecule is COc1cc(Cl)c(/C=C/c2cccc(OC)c2Cl)c(Cl)c1. The van der Waals surface area contributed by atoms with Crippen molar-refractivity contribution in [3.05, 3.63) is 56.5 Å². The van der Waals surface area contributed by atoms with Gasteiger partial charge in [0.15, 0.2) is 0 Å². The predicted molar refractivity (Wildman–Crippen MR) is 89.9 cm³/mol. The molecule has 2 aromatic carbocycles. The summed E-state index contributed by atoms with van der Waals surface area (Å²) in [6.07, 6.45) is 3.65. The molecule has 0 amide bonds. The van der Waals surface area contributed by atoms with Gasteiger partial charge >= 0.3 is 0 Å². The highest BCUT2D eigenvalue weighted by atomic mass is 35.5. The van der Waals surface area contributed by atoms with Crippen LogP contribution in [-0.2, 0) is 0 Å². The van der Waals surface area contributed by atoms with E-state index in [2.05, 4.69) is 0 Å². The molecule has 2 nitrogen and oxygen atoms in total. The van der Waals surface area contributed by atoms with E-state index in [9.17, 15) is 0 Å². The van der Waals surface area contributed by atoms with Crippen molar-refractivity contribution in [3.8, 4) is 11.5 Å². The van der Waals surface area contributed by atoms with Crippen LogP contribution < -0.4 is 9.47 Å². The number of methoxy groups -OCH3 is 2. The van der Waals surface area contributed by atoms with E-state index < -0.39 is 0 Å². The zero-order valence-electron chi connectivity index (χ0n) is 11.5. The molecule has 0 spiro atoms. The minimum Gasteiger partial charge on any atom is -0.497 e. The van der Waals surface area contributed by atoms with E-state index in [1.54, 1.807) is 32.4 Å². The normalized spacial score (nSPS) is 10.9. The molecule has 5 heteroatoms. The maximum absolute atomic E-state index is 6.24. The topological polar surface area (TPSA) is 18.5 Å². The maximum Gasteiger partial charge on any atom is 0.138 e. The third kappa shape index (κ3) is 3.65. The lowest BCUT2D eigenvalue weighted by Crippen LogP contribution is -1.87. The second kappa shape index (κ2) is 7.08. The van der Waals surface area contributed by atoms with E-state index >= 15 is 0 Å². The first-order valence-electron chi connectivity index (χ1n) is 6.10. The van der Waals surface area contributed by atoms with Crippen LogP contribution in [0, 0.1) is 0 Å². The zero-order valence-corrected chi connectivity index (χ0v) is 13.8. The molecule has 0 aliphatic carbocycles. The monoisotopic (exact) mass is 342 g/mol. The van der Waals surface area contributed by atoms with Crippen molar-refractivity contribution in [2.24, 2.45) is 0 Å². The number of hydrogen-bond donors (Lipinski definition) is 0. The summed E-state index contributed by atoms with van der Waals surface area (Å²) in [5.41, 5.74) is 1.52. The van der Waals surface area contributed by atoms with Crippen molar-refractivity contribution >= 4 is 47.0 Å². The predicted octanol–water partition coefficient (Wildman–Crippen LogP) is 5.83. The third-order valence-electron chi connectivity index (χ3n) is 2.93. The number of ether oxygens (including phenoxy) is 2. The molecule has 0 aliphatic heterocycles. The first-order chi connectivity index (χ1) is 10.1. The molecular formula is C16H13Cl3O2. The highest BCUT2D eigenvalue weighted by molar-refractivity contribution is 6.37. The quantitative estimate of drug-likeness (QED) is 0.650. The number of rotatable bonds is 4. The Kier molecular flexibility index (Phi) is 5.40. The molecule has 2 aromatic rings. The minimum absolute atomic E-state index is 0.509. The second-order valence-corrected chi connectivity index (χ2v) is 5.39. The molecule has 110 valence electrons. The van der Waals surface area contributed by atoms with Crippen LogP contribution in [0.3, 0.4) is 0 Å². The summed E-state index contributed by atoms with van der Waals surface area (Å²) >= 11 is 18.6. The van der Waals surface area contributed by atoms with E-state index in [0.717, 1.165) is 5.56 Å². The van der Waals surface area contributed by atoms with E-state index in [1.807, 2.05) is 24.3 Å². The lowest BCUT2D eigenvalue weighted by molar-refractivity contribution is 0.415. The summed E-state index contributed by atoms with van der Waals surface area (Å²) in [6, 6.07) is 8.96. The van der Waals surface area contributed by atoms with Crippen LogP contribution in [0.1, 0.15) is 11.1 Å². The van der Waals surface area contributed by atoms with Gasteiger partial charge in [0.05, 0.1) is 29.3 Å². The Morgan fingerprint density at radius 3 is 2.14 bits per heavy atom. The largest absolute Gasteiger partial charge is 0.497 e. The molecule has 0 fully saturated rings. The van der Waals surface area contributed by atoms with Crippen LogP contribution >= 0.6 is 34.8 Å². The summed E-state index contributed by atoms with van der Waals surface area (Å²) in [7, 11) is 3.14. The van der Waals surface area contributed by atoms with Gasteiger partial charge in [0.25, 0.3) is 0 Å². The van der Waals surface area contributed by atoms with Gasteiger partial charge in [0, 0.05) is 5.56 Å². The molecule has 0 bridgehead atoms. The van der Waals surface area contributed by atoms with Gasteiger partial charge in [-0.15, -0.1) is 0 Å². The fourth-order valence-corrected chi connectivity index (χ4v) is 2.68. The van der Waals surface area contributed by atoms with Gasteiger partial charge in [-0.3, -0.25) is 0 Å². The molecule has 0 unspecified atom stereocenters. The molecule has 2 rings (SSSR count). The van der Waals surface area contributed by atoms with Gasteiger partial charge < -0.3 is 9.47 Å². The Balaban J connectivity index is 2.38. The van der Waals surface area contributed by atoms with Crippen LogP contribution in [0.15, 0.2) is 30.3 Å². The Morgan fingerprint density at radius 1 is 0.905 bits per heavy atom. The molecule has 0 aromatic heterocycles. The van der Waals surface area contributed by atoms with Crippen LogP contribution in [0.5, 0.6) is 11.5 Å². The molecule has 0 aliphatic rings. The van der Waals surface area contributed by atoms with Gasteiger partial charge in [0.2, 0.25) is 0 Å². The van der Waals surface area contributed by atoms with Gasteiger partial charge in [0.1, 0.15) is 11.5 Å². The smallest absolute Gasteiger partial charge is 0.138 e. The summed E-state index contributed by atoms with van der Waals surface area (Å²) in [6.45, 7) is 0. The molecule has 0 saturated carbocycles. The first-order valence-corrected chi connectivity index (χ1v) is 7.23. The number of benzene rings is 2. The number of halogens is 3. The Hall–Kier alpha value is -1.35. The molecule has 0 atom stereocenters. The molecule has 0 saturated heterocycles. The molecule has 0 radical (unpaired) electrons. The van der Waals surface area contributed by atoms with Gasteiger partial charge in [-0.25, -0.2) is 0 Å². The van der Waals surface area contributed by atoms with Crippen LogP contribution in [0.2, 0.25) is 15.1 Å². The van der Waals surface area contributed by atoms with E-state index in [1.165, 1.54) is 0 Å². The van der Waals surface area contributed by atoms with Crippen molar-refractivity contribution in [2.75, 3.05) is 14.2 Å². The third-order valence-corrected chi connectivity index (χ3v) is 3.96. The maximum atomic E-state index is 6.24. The fraction of sp³-hybridized carbons (Fsp3) is 0.125. The fourth-order valence-electron chi connectivity index (χ4n) is 1.83. The van der Waals surface area contributed by atoms with Gasteiger partial charge in [-0.2, -0.15) is 0 Å². The average molecular weight is 344 g/mol. The van der Waals surface area contributed by atoms with Gasteiger partial charge in [-0.1, -0.05) is 59.1 Å². The zero-order chi connectivity index (χ0) is 15.4. The molecule has 0 heterocycles. The van der Waals surface area contributed by atoms with E-state index in [-0.39, 0.29) is 0 Å². The Morgan fingerprint density at radius 2 is 1.57 bits per heavy atom. The van der Waals surface area contributed by atoms with Crippen molar-refractivity contribution < 1.29 is 9.47 Å².